The van der Waals surface area contributed by atoms with Crippen LogP contribution in [-0.2, 0) is 0 Å². The highest BCUT2D eigenvalue weighted by Crippen LogP contribution is 2.04. The Kier molecular flexibility index (Phi) is 10.4. The molecule has 0 radical (unpaired) electrons. The summed E-state index contributed by atoms with van der Waals surface area (Å²) in [5.74, 6) is 0. The molecule has 0 aromatic rings. The summed E-state index contributed by atoms with van der Waals surface area (Å²) in [5.41, 5.74) is 0. The summed E-state index contributed by atoms with van der Waals surface area (Å²) in [6.45, 7) is -0.255. The van der Waals surface area contributed by atoms with Gasteiger partial charge in [-0.05, 0) is 0 Å². The van der Waals surface area contributed by atoms with Crippen molar-refractivity contribution in [2.45, 2.75) is 24.4 Å². The molecular formula is C10H24N2O6. The minimum atomic E-state index is -1.44. The van der Waals surface area contributed by atoms with E-state index in [9.17, 15) is 15.3 Å². The van der Waals surface area contributed by atoms with E-state index in [1.807, 2.05) is 0 Å². The molecule has 110 valence electrons. The van der Waals surface area contributed by atoms with E-state index in [4.69, 9.17) is 15.3 Å². The lowest BCUT2D eigenvalue weighted by Gasteiger charge is -2.29. The van der Waals surface area contributed by atoms with Crippen molar-refractivity contribution in [1.82, 2.24) is 10.6 Å². The van der Waals surface area contributed by atoms with Gasteiger partial charge in [-0.1, -0.05) is 0 Å². The number of nitrogens with one attached hydrogen (secondary N) is 2. The fourth-order valence-corrected chi connectivity index (χ4v) is 1.46. The van der Waals surface area contributed by atoms with E-state index in [0.29, 0.717) is 0 Å². The highest BCUT2D eigenvalue weighted by molar-refractivity contribution is 4.85. The maximum Gasteiger partial charge on any atom is 0.109 e. The van der Waals surface area contributed by atoms with Gasteiger partial charge in [-0.3, -0.25) is 0 Å². The Morgan fingerprint density at radius 1 is 0.833 bits per heavy atom. The van der Waals surface area contributed by atoms with Gasteiger partial charge in [0, 0.05) is 19.6 Å². The van der Waals surface area contributed by atoms with Crippen molar-refractivity contribution in [2.24, 2.45) is 0 Å². The Bertz CT molecular complexity index is 197. The van der Waals surface area contributed by atoms with Gasteiger partial charge in [0.05, 0.1) is 38.1 Å². The molecule has 0 aromatic heterocycles. The lowest BCUT2D eigenvalue weighted by Crippen LogP contribution is -2.54. The van der Waals surface area contributed by atoms with Crippen LogP contribution in [0.2, 0.25) is 0 Å². The second-order valence-corrected chi connectivity index (χ2v) is 3.94. The Morgan fingerprint density at radius 2 is 1.44 bits per heavy atom. The predicted molar refractivity (Wildman–Crippen MR) is 63.9 cm³/mol. The Balaban J connectivity index is 4.13. The monoisotopic (exact) mass is 268 g/mol. The first-order valence-electron chi connectivity index (χ1n) is 5.89. The zero-order chi connectivity index (χ0) is 14.0. The van der Waals surface area contributed by atoms with Crippen molar-refractivity contribution in [3.8, 4) is 0 Å². The topological polar surface area (TPSA) is 145 Å². The van der Waals surface area contributed by atoms with Crippen molar-refractivity contribution in [3.05, 3.63) is 0 Å². The lowest BCUT2D eigenvalue weighted by atomic mass is 10.0. The minimum Gasteiger partial charge on any atom is -0.395 e. The van der Waals surface area contributed by atoms with Gasteiger partial charge in [-0.2, -0.15) is 0 Å². The molecule has 8 N–H and O–H groups in total. The third-order valence-electron chi connectivity index (χ3n) is 2.51. The normalized spacial score (nSPS) is 18.3. The molecule has 8 heteroatoms. The molecule has 0 aliphatic rings. The Labute approximate surface area is 106 Å². The first-order chi connectivity index (χ1) is 8.58. The largest absolute Gasteiger partial charge is 0.395 e. The van der Waals surface area contributed by atoms with Crippen LogP contribution < -0.4 is 10.6 Å². The average molecular weight is 268 g/mol. The van der Waals surface area contributed by atoms with Crippen LogP contribution in [0.4, 0.5) is 0 Å². The summed E-state index contributed by atoms with van der Waals surface area (Å²) in [5, 5.41) is 60.5. The molecule has 4 atom stereocenters. The van der Waals surface area contributed by atoms with Crippen LogP contribution in [0, 0.1) is 0 Å². The Morgan fingerprint density at radius 3 is 1.94 bits per heavy atom. The van der Waals surface area contributed by atoms with E-state index in [1.165, 1.54) is 0 Å². The first kappa shape index (κ1) is 17.7. The molecule has 0 aliphatic carbocycles. The van der Waals surface area contributed by atoms with Crippen LogP contribution in [0.1, 0.15) is 0 Å². The standard InChI is InChI=1S/C10H24N2O6/c13-3-1-11-5-8(16)10(18)9(17)7(6-15)12-2-4-14/h7-18H,1-6H2/t7?,8-,9+,10+/m0/s1. The van der Waals surface area contributed by atoms with Gasteiger partial charge in [0.15, 0.2) is 0 Å². The molecule has 0 fully saturated rings. The molecule has 0 bridgehead atoms. The second kappa shape index (κ2) is 10.6. The smallest absolute Gasteiger partial charge is 0.109 e. The van der Waals surface area contributed by atoms with E-state index in [2.05, 4.69) is 10.6 Å². The van der Waals surface area contributed by atoms with E-state index >= 15 is 0 Å². The molecule has 0 saturated carbocycles. The quantitative estimate of drug-likeness (QED) is 0.175. The van der Waals surface area contributed by atoms with Crippen molar-refractivity contribution < 1.29 is 30.6 Å². The van der Waals surface area contributed by atoms with Gasteiger partial charge in [0.25, 0.3) is 0 Å². The number of aliphatic hydroxyl groups excluding tert-OH is 6. The van der Waals surface area contributed by atoms with E-state index in [1.54, 1.807) is 0 Å². The highest BCUT2D eigenvalue weighted by Gasteiger charge is 2.30. The zero-order valence-corrected chi connectivity index (χ0v) is 10.2. The molecule has 18 heavy (non-hydrogen) atoms. The minimum absolute atomic E-state index is 0.0108. The van der Waals surface area contributed by atoms with Crippen LogP contribution in [0.5, 0.6) is 0 Å². The SMILES string of the molecule is OCCNC[C@H](O)[C@@H](O)[C@H](O)C(CO)NCCO. The van der Waals surface area contributed by atoms with Gasteiger partial charge in [0.1, 0.15) is 6.10 Å². The van der Waals surface area contributed by atoms with Crippen LogP contribution in [0.3, 0.4) is 0 Å². The number of hydrogen-bond donors (Lipinski definition) is 8. The predicted octanol–water partition coefficient (Wildman–Crippen LogP) is -4.41. The van der Waals surface area contributed by atoms with Crippen LogP contribution in [-0.4, -0.2) is 94.4 Å². The van der Waals surface area contributed by atoms with Gasteiger partial charge in [-0.25, -0.2) is 0 Å². The zero-order valence-electron chi connectivity index (χ0n) is 10.2. The van der Waals surface area contributed by atoms with Crippen LogP contribution >= 0.6 is 0 Å². The summed E-state index contributed by atoms with van der Waals surface area (Å²) in [7, 11) is 0. The molecule has 1 unspecified atom stereocenters. The third-order valence-corrected chi connectivity index (χ3v) is 2.51. The molecule has 0 aliphatic heterocycles. The number of rotatable bonds is 11. The summed E-state index contributed by atoms with van der Waals surface area (Å²) >= 11 is 0. The van der Waals surface area contributed by atoms with E-state index < -0.39 is 31.0 Å². The van der Waals surface area contributed by atoms with E-state index in [-0.39, 0.29) is 32.8 Å². The summed E-state index contributed by atoms with van der Waals surface area (Å²) < 4.78 is 0. The van der Waals surface area contributed by atoms with Gasteiger partial charge in [0.2, 0.25) is 0 Å². The van der Waals surface area contributed by atoms with Crippen molar-refractivity contribution in [2.75, 3.05) is 39.5 Å². The molecule has 0 rings (SSSR count). The van der Waals surface area contributed by atoms with Gasteiger partial charge in [-0.15, -0.1) is 0 Å². The highest BCUT2D eigenvalue weighted by atomic mass is 16.4. The van der Waals surface area contributed by atoms with Gasteiger partial charge < -0.3 is 41.3 Å². The number of hydrogen-bond acceptors (Lipinski definition) is 8. The Hall–Kier alpha value is -0.320. The first-order valence-corrected chi connectivity index (χ1v) is 5.89. The molecule has 0 amide bonds. The third kappa shape index (κ3) is 6.57. The summed E-state index contributed by atoms with van der Waals surface area (Å²) in [6.07, 6.45) is -4.04. The molecule has 0 heterocycles. The second-order valence-electron chi connectivity index (χ2n) is 3.94. The van der Waals surface area contributed by atoms with E-state index in [0.717, 1.165) is 0 Å². The van der Waals surface area contributed by atoms with Crippen molar-refractivity contribution in [3.63, 3.8) is 0 Å². The summed E-state index contributed by atoms with van der Waals surface area (Å²) in [6, 6.07) is -0.834. The molecule has 0 saturated heterocycles. The maximum absolute atomic E-state index is 9.74. The van der Waals surface area contributed by atoms with Crippen molar-refractivity contribution in [1.29, 1.82) is 0 Å². The fraction of sp³-hybridized carbons (Fsp3) is 1.00. The van der Waals surface area contributed by atoms with Crippen LogP contribution in [0.25, 0.3) is 0 Å². The lowest BCUT2D eigenvalue weighted by molar-refractivity contribution is -0.0770. The van der Waals surface area contributed by atoms with Crippen LogP contribution in [0.15, 0.2) is 0 Å². The molecular weight excluding hydrogens is 244 g/mol. The number of aliphatic hydroxyl groups is 6. The van der Waals surface area contributed by atoms with Crippen molar-refractivity contribution >= 4 is 0 Å². The maximum atomic E-state index is 9.74. The molecule has 0 spiro atoms. The fourth-order valence-electron chi connectivity index (χ4n) is 1.46. The van der Waals surface area contributed by atoms with Gasteiger partial charge >= 0.3 is 0 Å². The molecule has 0 aromatic carbocycles. The average Bonchev–Trinajstić information content (AvgIpc) is 2.38. The molecule has 8 nitrogen and oxygen atoms in total. The summed E-state index contributed by atoms with van der Waals surface area (Å²) in [4.78, 5) is 0.